The van der Waals surface area contributed by atoms with E-state index in [9.17, 15) is 4.79 Å². The predicted octanol–water partition coefficient (Wildman–Crippen LogP) is 1.76. The molecule has 1 aromatic heterocycles. The van der Waals surface area contributed by atoms with Crippen LogP contribution in [0, 0.1) is 5.92 Å². The summed E-state index contributed by atoms with van der Waals surface area (Å²) in [5.74, 6) is 1.82. The third kappa shape index (κ3) is 3.28. The minimum absolute atomic E-state index is 0.0804. The van der Waals surface area contributed by atoms with Crippen molar-refractivity contribution in [1.29, 1.82) is 0 Å². The van der Waals surface area contributed by atoms with E-state index >= 15 is 0 Å². The van der Waals surface area contributed by atoms with Gasteiger partial charge in [-0.1, -0.05) is 0 Å². The molecule has 1 aliphatic heterocycles. The summed E-state index contributed by atoms with van der Waals surface area (Å²) in [5, 5.41) is 0.477. The van der Waals surface area contributed by atoms with Gasteiger partial charge in [0.25, 0.3) is 5.56 Å². The normalized spacial score (nSPS) is 16.2. The highest BCUT2D eigenvalue weighted by atomic mass is 16.5. The molecule has 0 spiro atoms. The van der Waals surface area contributed by atoms with Gasteiger partial charge in [0.15, 0.2) is 11.5 Å². The van der Waals surface area contributed by atoms with E-state index in [1.54, 1.807) is 17.0 Å². The second kappa shape index (κ2) is 7.31. The van der Waals surface area contributed by atoms with E-state index < -0.39 is 0 Å². The van der Waals surface area contributed by atoms with Crippen molar-refractivity contribution in [3.63, 3.8) is 0 Å². The Balaban J connectivity index is 2.03. The van der Waals surface area contributed by atoms with Crippen LogP contribution in [-0.2, 0) is 6.54 Å². The zero-order chi connectivity index (χ0) is 18.0. The Labute approximate surface area is 147 Å². The lowest BCUT2D eigenvalue weighted by Gasteiger charge is -2.29. The maximum Gasteiger partial charge on any atom is 0.261 e. The van der Waals surface area contributed by atoms with E-state index in [0.717, 1.165) is 25.9 Å². The van der Waals surface area contributed by atoms with Gasteiger partial charge >= 0.3 is 0 Å². The summed E-state index contributed by atoms with van der Waals surface area (Å²) >= 11 is 0. The predicted molar refractivity (Wildman–Crippen MR) is 95.9 cm³/mol. The Hall–Kier alpha value is -2.28. The largest absolute Gasteiger partial charge is 0.493 e. The van der Waals surface area contributed by atoms with Crippen LogP contribution in [0.25, 0.3) is 10.9 Å². The van der Waals surface area contributed by atoms with E-state index in [-0.39, 0.29) is 5.56 Å². The molecule has 0 aliphatic carbocycles. The quantitative estimate of drug-likeness (QED) is 0.821. The third-order valence-electron chi connectivity index (χ3n) is 4.91. The highest BCUT2D eigenvalue weighted by molar-refractivity contribution is 5.89. The number of likely N-dealkylation sites (tertiary alicyclic amines) is 1. The summed E-state index contributed by atoms with van der Waals surface area (Å²) in [6, 6.07) is 1.68. The first-order valence-corrected chi connectivity index (χ1v) is 8.45. The lowest BCUT2D eigenvalue weighted by atomic mass is 9.97. The maximum absolute atomic E-state index is 13.0. The molecular formula is C18H25N3O4. The zero-order valence-corrected chi connectivity index (χ0v) is 15.2. The second-order valence-electron chi connectivity index (χ2n) is 6.49. The number of rotatable bonds is 5. The van der Waals surface area contributed by atoms with Crippen LogP contribution in [0.5, 0.6) is 17.2 Å². The summed E-state index contributed by atoms with van der Waals surface area (Å²) in [5.41, 5.74) is 0.410. The van der Waals surface area contributed by atoms with Gasteiger partial charge in [-0.25, -0.2) is 4.98 Å². The van der Waals surface area contributed by atoms with Crippen molar-refractivity contribution < 1.29 is 14.2 Å². The molecule has 1 aliphatic rings. The van der Waals surface area contributed by atoms with E-state index in [1.165, 1.54) is 21.3 Å². The number of ether oxygens (including phenoxy) is 3. The van der Waals surface area contributed by atoms with Crippen LogP contribution in [0.4, 0.5) is 0 Å². The number of hydrogen-bond donors (Lipinski definition) is 0. The average molecular weight is 347 g/mol. The Kier molecular flexibility index (Phi) is 5.13. The number of aromatic nitrogens is 2. The number of piperidine rings is 1. The minimum atomic E-state index is -0.0804. The van der Waals surface area contributed by atoms with Crippen molar-refractivity contribution in [3.8, 4) is 17.2 Å². The van der Waals surface area contributed by atoms with E-state index in [4.69, 9.17) is 14.2 Å². The molecule has 3 rings (SSSR count). The Morgan fingerprint density at radius 2 is 1.80 bits per heavy atom. The van der Waals surface area contributed by atoms with Gasteiger partial charge in [-0.3, -0.25) is 9.36 Å². The third-order valence-corrected chi connectivity index (χ3v) is 4.91. The zero-order valence-electron chi connectivity index (χ0n) is 15.2. The van der Waals surface area contributed by atoms with Gasteiger partial charge in [0.1, 0.15) is 5.52 Å². The standard InChI is InChI=1S/C18H25N3O4/c1-20-7-5-12(6-8-20)10-21-11-19-15-13(18(21)22)9-14(23-2)16(24-3)17(15)25-4/h9,11-12H,5-8,10H2,1-4H3. The molecule has 0 N–H and O–H groups in total. The topological polar surface area (TPSA) is 65.8 Å². The monoisotopic (exact) mass is 347 g/mol. The molecule has 0 unspecified atom stereocenters. The number of benzene rings is 1. The average Bonchev–Trinajstić information content (AvgIpc) is 2.64. The first-order chi connectivity index (χ1) is 12.1. The maximum atomic E-state index is 13.0. The number of fused-ring (bicyclic) bond motifs is 1. The van der Waals surface area contributed by atoms with Crippen molar-refractivity contribution in [2.24, 2.45) is 5.92 Å². The Morgan fingerprint density at radius 1 is 1.12 bits per heavy atom. The van der Waals surface area contributed by atoms with Crippen LogP contribution in [-0.4, -0.2) is 55.9 Å². The van der Waals surface area contributed by atoms with Crippen LogP contribution >= 0.6 is 0 Å². The number of methoxy groups -OCH3 is 3. The SMILES string of the molecule is COc1cc2c(=O)n(CC3CCN(C)CC3)cnc2c(OC)c1OC. The molecule has 2 heterocycles. The summed E-state index contributed by atoms with van der Waals surface area (Å²) in [4.78, 5) is 19.8. The van der Waals surface area contributed by atoms with Crippen molar-refractivity contribution in [2.75, 3.05) is 41.5 Å². The second-order valence-corrected chi connectivity index (χ2v) is 6.49. The molecule has 1 aromatic carbocycles. The Morgan fingerprint density at radius 3 is 2.40 bits per heavy atom. The van der Waals surface area contributed by atoms with Crippen molar-refractivity contribution >= 4 is 10.9 Å². The number of nitrogens with zero attached hydrogens (tertiary/aromatic N) is 3. The van der Waals surface area contributed by atoms with Crippen LogP contribution in [0.1, 0.15) is 12.8 Å². The van der Waals surface area contributed by atoms with Crippen LogP contribution in [0.15, 0.2) is 17.2 Å². The first kappa shape index (κ1) is 17.5. The first-order valence-electron chi connectivity index (χ1n) is 8.45. The molecule has 0 bridgehead atoms. The van der Waals surface area contributed by atoms with E-state index in [0.29, 0.717) is 40.6 Å². The van der Waals surface area contributed by atoms with E-state index in [2.05, 4.69) is 16.9 Å². The molecule has 0 saturated carbocycles. The van der Waals surface area contributed by atoms with Crippen LogP contribution < -0.4 is 19.8 Å². The molecule has 0 atom stereocenters. The van der Waals surface area contributed by atoms with E-state index in [1.807, 2.05) is 0 Å². The van der Waals surface area contributed by atoms with Gasteiger partial charge < -0.3 is 19.1 Å². The van der Waals surface area contributed by atoms with Gasteiger partial charge in [-0.2, -0.15) is 0 Å². The lowest BCUT2D eigenvalue weighted by Crippen LogP contribution is -2.34. The fourth-order valence-electron chi connectivity index (χ4n) is 3.42. The summed E-state index contributed by atoms with van der Waals surface area (Å²) < 4.78 is 17.8. The van der Waals surface area contributed by atoms with Gasteiger partial charge in [0, 0.05) is 6.54 Å². The fourth-order valence-corrected chi connectivity index (χ4v) is 3.42. The van der Waals surface area contributed by atoms with Crippen molar-refractivity contribution in [1.82, 2.24) is 14.5 Å². The van der Waals surface area contributed by atoms with Crippen LogP contribution in [0.2, 0.25) is 0 Å². The van der Waals surface area contributed by atoms with Gasteiger partial charge in [-0.15, -0.1) is 0 Å². The molecule has 1 fully saturated rings. The summed E-state index contributed by atoms with van der Waals surface area (Å²) in [6.07, 6.45) is 3.80. The van der Waals surface area contributed by atoms with Crippen LogP contribution in [0.3, 0.4) is 0 Å². The molecule has 7 heteroatoms. The summed E-state index contributed by atoms with van der Waals surface area (Å²) in [6.45, 7) is 2.82. The molecule has 136 valence electrons. The highest BCUT2D eigenvalue weighted by Crippen LogP contribution is 2.41. The smallest absolute Gasteiger partial charge is 0.261 e. The molecule has 1 saturated heterocycles. The van der Waals surface area contributed by atoms with Gasteiger partial charge in [0.05, 0.1) is 33.0 Å². The minimum Gasteiger partial charge on any atom is -0.493 e. The number of hydrogen-bond acceptors (Lipinski definition) is 6. The molecule has 7 nitrogen and oxygen atoms in total. The molecule has 25 heavy (non-hydrogen) atoms. The lowest BCUT2D eigenvalue weighted by molar-refractivity contribution is 0.204. The molecule has 0 radical (unpaired) electrons. The summed E-state index contributed by atoms with van der Waals surface area (Å²) in [7, 11) is 6.73. The fraction of sp³-hybridized carbons (Fsp3) is 0.556. The molecule has 2 aromatic rings. The van der Waals surface area contributed by atoms with Crippen molar-refractivity contribution in [2.45, 2.75) is 19.4 Å². The van der Waals surface area contributed by atoms with Gasteiger partial charge in [-0.05, 0) is 45.0 Å². The van der Waals surface area contributed by atoms with Gasteiger partial charge in [0.2, 0.25) is 5.75 Å². The molecular weight excluding hydrogens is 322 g/mol. The molecule has 0 amide bonds. The highest BCUT2D eigenvalue weighted by Gasteiger charge is 2.21. The Bertz CT molecular complexity index is 810. The van der Waals surface area contributed by atoms with Crippen molar-refractivity contribution in [3.05, 3.63) is 22.7 Å².